The van der Waals surface area contributed by atoms with Crippen LogP contribution in [0.1, 0.15) is 23.2 Å². The molecule has 1 fully saturated rings. The van der Waals surface area contributed by atoms with Gasteiger partial charge >= 0.3 is 5.97 Å². The number of ether oxygens (including phenoxy) is 1. The van der Waals surface area contributed by atoms with Crippen molar-refractivity contribution >= 4 is 28.5 Å². The zero-order valence-corrected chi connectivity index (χ0v) is 26.2. The lowest BCUT2D eigenvalue weighted by atomic mass is 9.89. The molecule has 1 saturated heterocycles. The molecule has 0 saturated carbocycles. The largest absolute Gasteiger partial charge is 0.456 e. The van der Waals surface area contributed by atoms with Crippen LogP contribution in [0.4, 0.5) is 23.2 Å². The number of halogens is 4. The Labute approximate surface area is 268 Å². The van der Waals surface area contributed by atoms with E-state index in [4.69, 9.17) is 9.15 Å². The molecule has 242 valence electrons. The van der Waals surface area contributed by atoms with Gasteiger partial charge in [-0.1, -0.05) is 18.2 Å². The van der Waals surface area contributed by atoms with Crippen LogP contribution in [-0.4, -0.2) is 58.1 Å². The highest BCUT2D eigenvalue weighted by Gasteiger charge is 2.33. The molecule has 0 atom stereocenters. The zero-order valence-electron chi connectivity index (χ0n) is 26.2. The molecule has 1 aliphatic carbocycles. The van der Waals surface area contributed by atoms with Crippen molar-refractivity contribution < 1.29 is 36.3 Å². The van der Waals surface area contributed by atoms with E-state index in [9.17, 15) is 27.2 Å². The number of carbonyl (C=O) groups is 2. The molecule has 7 nitrogen and oxygen atoms in total. The van der Waals surface area contributed by atoms with Gasteiger partial charge in [-0.15, -0.1) is 0 Å². The summed E-state index contributed by atoms with van der Waals surface area (Å²) in [4.78, 5) is 30.4. The molecule has 0 aromatic heterocycles. The maximum absolute atomic E-state index is 14.1. The minimum absolute atomic E-state index is 0.0435. The summed E-state index contributed by atoms with van der Waals surface area (Å²) in [6, 6.07) is 19.2. The summed E-state index contributed by atoms with van der Waals surface area (Å²) < 4.78 is 68.6. The van der Waals surface area contributed by atoms with Gasteiger partial charge in [0, 0.05) is 73.1 Å². The summed E-state index contributed by atoms with van der Waals surface area (Å²) in [5.74, 6) is -9.79. The fraction of sp³-hybridized carbons (Fsp3) is 0.250. The van der Waals surface area contributed by atoms with Crippen LogP contribution in [0.5, 0.6) is 5.75 Å². The summed E-state index contributed by atoms with van der Waals surface area (Å²) in [6.07, 6.45) is 0.259. The van der Waals surface area contributed by atoms with Crippen LogP contribution in [0, 0.1) is 29.2 Å². The molecule has 3 aromatic rings. The molecular formula is C36H32F4N3O4+. The number of esters is 1. The molecule has 0 N–H and O–H groups in total. The third kappa shape index (κ3) is 5.93. The van der Waals surface area contributed by atoms with Gasteiger partial charge in [0.05, 0.1) is 12.0 Å². The summed E-state index contributed by atoms with van der Waals surface area (Å²) in [6.45, 7) is 0.304. The van der Waals surface area contributed by atoms with Gasteiger partial charge in [-0.05, 0) is 42.7 Å². The maximum atomic E-state index is 14.1. The van der Waals surface area contributed by atoms with Crippen molar-refractivity contribution in [3.8, 4) is 28.2 Å². The number of hydrogen-bond acceptors (Lipinski definition) is 5. The minimum atomic E-state index is -1.79. The van der Waals surface area contributed by atoms with E-state index in [-0.39, 0.29) is 37.9 Å². The first-order chi connectivity index (χ1) is 22.4. The van der Waals surface area contributed by atoms with Crippen molar-refractivity contribution in [3.63, 3.8) is 0 Å². The van der Waals surface area contributed by atoms with Crippen molar-refractivity contribution in [2.75, 3.05) is 46.2 Å². The summed E-state index contributed by atoms with van der Waals surface area (Å²) >= 11 is 0. The summed E-state index contributed by atoms with van der Waals surface area (Å²) in [7, 11) is 7.79. The molecule has 2 heterocycles. The molecule has 0 unspecified atom stereocenters. The first-order valence-corrected chi connectivity index (χ1v) is 15.1. The van der Waals surface area contributed by atoms with Gasteiger partial charge in [-0.2, -0.15) is 8.78 Å². The van der Waals surface area contributed by atoms with E-state index < -0.39 is 40.9 Å². The lowest BCUT2D eigenvalue weighted by Crippen LogP contribution is -2.41. The lowest BCUT2D eigenvalue weighted by Gasteiger charge is -2.31. The summed E-state index contributed by atoms with van der Waals surface area (Å²) in [5, 5.41) is 1.78. The minimum Gasteiger partial charge on any atom is -0.456 e. The molecule has 3 aliphatic rings. The second kappa shape index (κ2) is 12.5. The highest BCUT2D eigenvalue weighted by atomic mass is 19.2. The van der Waals surface area contributed by atoms with E-state index in [0.29, 0.717) is 22.5 Å². The van der Waals surface area contributed by atoms with Crippen molar-refractivity contribution in [1.29, 1.82) is 0 Å². The normalized spacial score (nSPS) is 13.7. The van der Waals surface area contributed by atoms with Crippen LogP contribution < -0.4 is 19.6 Å². The van der Waals surface area contributed by atoms with Crippen LogP contribution in [0.15, 0.2) is 71.1 Å². The third-order valence-corrected chi connectivity index (χ3v) is 8.54. The zero-order chi connectivity index (χ0) is 33.6. The summed E-state index contributed by atoms with van der Waals surface area (Å²) in [5.41, 5.74) is 4.44. The number of fused-ring (bicyclic) bond motifs is 2. The average molecular weight is 647 g/mol. The topological polar surface area (TPSA) is 66.0 Å². The molecule has 1 amide bonds. The number of carbonyl (C=O) groups excluding carboxylic acids is 2. The fourth-order valence-electron chi connectivity index (χ4n) is 5.92. The molecular weight excluding hydrogens is 614 g/mol. The van der Waals surface area contributed by atoms with Crippen molar-refractivity contribution in [2.45, 2.75) is 12.8 Å². The van der Waals surface area contributed by atoms with Gasteiger partial charge in [0.15, 0.2) is 11.6 Å². The molecule has 6 rings (SSSR count). The van der Waals surface area contributed by atoms with Crippen molar-refractivity contribution in [3.05, 3.63) is 101 Å². The number of rotatable bonds is 5. The van der Waals surface area contributed by atoms with Gasteiger partial charge in [-0.3, -0.25) is 9.59 Å². The van der Waals surface area contributed by atoms with Crippen LogP contribution in [0.3, 0.4) is 0 Å². The molecule has 11 heteroatoms. The third-order valence-electron chi connectivity index (χ3n) is 8.54. The Morgan fingerprint density at radius 1 is 0.872 bits per heavy atom. The van der Waals surface area contributed by atoms with Crippen molar-refractivity contribution in [1.82, 2.24) is 9.48 Å². The smallest absolute Gasteiger partial charge is 0.314 e. The van der Waals surface area contributed by atoms with Crippen LogP contribution >= 0.6 is 0 Å². The van der Waals surface area contributed by atoms with Gasteiger partial charge in [0.25, 0.3) is 5.91 Å². The Bertz CT molecular complexity index is 2050. The Morgan fingerprint density at radius 3 is 2.21 bits per heavy atom. The Morgan fingerprint density at radius 2 is 1.55 bits per heavy atom. The molecule has 2 aliphatic heterocycles. The number of anilines is 1. The van der Waals surface area contributed by atoms with Crippen LogP contribution in [0.25, 0.3) is 33.4 Å². The quantitative estimate of drug-likeness (QED) is 0.0559. The van der Waals surface area contributed by atoms with E-state index >= 15 is 0 Å². The standard InChI is InChI=1S/C36H32F4N3O4/c1-41(2)21-9-11-25-29(17-21)46-30-18-22(42(3)4)10-12-26(30)31(25)23-7-5-6-8-24(23)35(44)43-15-13-20(14-16-43)36(45)47-34-32(39)27(37)19-28(38)33(34)40/h5-12,17-20H,13-16H2,1-4H3/q+1. The SMILES string of the molecule is CN(C)c1ccc2c(-c3ccccc3C(=O)N3CCC(C(=O)Oc4c(F)c(F)cc(F)c4F)CC3)c3ccc(=[N+](C)C)cc-3oc2c1. The second-order valence-corrected chi connectivity index (χ2v) is 12.0. The van der Waals surface area contributed by atoms with Gasteiger partial charge < -0.3 is 19.0 Å². The monoisotopic (exact) mass is 646 g/mol. The number of likely N-dealkylation sites (tertiary alicyclic amines) is 1. The number of piperidine rings is 1. The highest BCUT2D eigenvalue weighted by Crippen LogP contribution is 2.42. The van der Waals surface area contributed by atoms with Crippen LogP contribution in [0.2, 0.25) is 0 Å². The Kier molecular flexibility index (Phi) is 8.48. The number of nitrogens with zero attached hydrogens (tertiary/aromatic N) is 3. The molecule has 3 aromatic carbocycles. The first kappa shape index (κ1) is 31.8. The number of amides is 1. The number of benzene rings is 4. The highest BCUT2D eigenvalue weighted by molar-refractivity contribution is 6.09. The fourth-order valence-corrected chi connectivity index (χ4v) is 5.92. The predicted octanol–water partition coefficient (Wildman–Crippen LogP) is 6.32. The van der Waals surface area contributed by atoms with Crippen molar-refractivity contribution in [2.24, 2.45) is 5.92 Å². The van der Waals surface area contributed by atoms with Gasteiger partial charge in [-0.25, -0.2) is 13.4 Å². The van der Waals surface area contributed by atoms with E-state index in [1.807, 2.05) is 86.2 Å². The Balaban J connectivity index is 1.32. The van der Waals surface area contributed by atoms with Gasteiger partial charge in [0.1, 0.15) is 25.4 Å². The average Bonchev–Trinajstić information content (AvgIpc) is 3.07. The van der Waals surface area contributed by atoms with Gasteiger partial charge in [0.2, 0.25) is 22.7 Å². The predicted molar refractivity (Wildman–Crippen MR) is 170 cm³/mol. The molecule has 0 radical (unpaired) electrons. The number of hydrogen-bond donors (Lipinski definition) is 0. The molecule has 47 heavy (non-hydrogen) atoms. The first-order valence-electron chi connectivity index (χ1n) is 15.1. The molecule has 0 spiro atoms. The van der Waals surface area contributed by atoms with Crippen LogP contribution in [-0.2, 0) is 4.79 Å². The lowest BCUT2D eigenvalue weighted by molar-refractivity contribution is -0.140. The maximum Gasteiger partial charge on any atom is 0.314 e. The van der Waals surface area contributed by atoms with E-state index in [1.165, 1.54) is 0 Å². The van der Waals surface area contributed by atoms with E-state index in [1.54, 1.807) is 17.0 Å². The molecule has 0 bridgehead atoms. The van der Waals surface area contributed by atoms with E-state index in [0.717, 1.165) is 27.6 Å². The van der Waals surface area contributed by atoms with E-state index in [2.05, 4.69) is 0 Å². The second-order valence-electron chi connectivity index (χ2n) is 12.0. The Hall–Kier alpha value is -5.19.